The van der Waals surface area contributed by atoms with Gasteiger partial charge in [-0.05, 0) is 42.5 Å². The molecule has 0 fully saturated rings. The number of nitrogens with one attached hydrogen (secondary N) is 1. The van der Waals surface area contributed by atoms with Gasteiger partial charge in [0, 0.05) is 17.5 Å². The smallest absolute Gasteiger partial charge is 0.255 e. The van der Waals surface area contributed by atoms with Crippen LogP contribution >= 0.6 is 0 Å². The molecule has 2 rings (SSSR count). The molecular formula is C15H12N2O3S. The van der Waals surface area contributed by atoms with Gasteiger partial charge in [0.2, 0.25) is 0 Å². The van der Waals surface area contributed by atoms with Crippen molar-refractivity contribution in [3.63, 3.8) is 0 Å². The van der Waals surface area contributed by atoms with E-state index in [0.29, 0.717) is 16.8 Å². The van der Waals surface area contributed by atoms with Gasteiger partial charge in [0.25, 0.3) is 5.91 Å². The summed E-state index contributed by atoms with van der Waals surface area (Å²) in [4.78, 5) is 12.2. The molecule has 0 spiro atoms. The summed E-state index contributed by atoms with van der Waals surface area (Å²) in [6, 6.07) is 14.2. The van der Waals surface area contributed by atoms with Crippen molar-refractivity contribution >= 4 is 21.4 Å². The van der Waals surface area contributed by atoms with Gasteiger partial charge in [-0.1, -0.05) is 6.07 Å². The average molecular weight is 300 g/mol. The molecule has 106 valence electrons. The van der Waals surface area contributed by atoms with Crippen LogP contribution in [0.3, 0.4) is 0 Å². The van der Waals surface area contributed by atoms with Crippen molar-refractivity contribution < 1.29 is 13.2 Å². The van der Waals surface area contributed by atoms with E-state index in [1.165, 1.54) is 24.3 Å². The molecule has 0 aliphatic heterocycles. The number of nitrogens with zero attached hydrogens (tertiary/aromatic N) is 1. The molecule has 0 aliphatic carbocycles. The highest BCUT2D eigenvalue weighted by Crippen LogP contribution is 2.16. The van der Waals surface area contributed by atoms with Crippen LogP contribution in [0.15, 0.2) is 53.4 Å². The van der Waals surface area contributed by atoms with Crippen LogP contribution in [-0.4, -0.2) is 20.6 Å². The SMILES string of the molecule is CS(=O)(=O)c1cccc(NC(=O)c2ccc(C#N)cc2)c1. The molecule has 2 aromatic rings. The third-order valence-corrected chi connectivity index (χ3v) is 3.91. The van der Waals surface area contributed by atoms with Crippen molar-refractivity contribution in [3.8, 4) is 6.07 Å². The van der Waals surface area contributed by atoms with Gasteiger partial charge in [-0.15, -0.1) is 0 Å². The Morgan fingerprint density at radius 3 is 2.38 bits per heavy atom. The van der Waals surface area contributed by atoms with E-state index in [-0.39, 0.29) is 10.8 Å². The van der Waals surface area contributed by atoms with Crippen LogP contribution in [0.4, 0.5) is 5.69 Å². The average Bonchev–Trinajstić information content (AvgIpc) is 2.47. The maximum atomic E-state index is 12.0. The van der Waals surface area contributed by atoms with Gasteiger partial charge in [-0.25, -0.2) is 8.42 Å². The number of carbonyl (C=O) groups excluding carboxylic acids is 1. The topological polar surface area (TPSA) is 87.0 Å². The van der Waals surface area contributed by atoms with Gasteiger partial charge in [0.15, 0.2) is 9.84 Å². The molecular weight excluding hydrogens is 288 g/mol. The molecule has 2 aromatic carbocycles. The summed E-state index contributed by atoms with van der Waals surface area (Å²) < 4.78 is 22.9. The first kappa shape index (κ1) is 14.8. The fourth-order valence-corrected chi connectivity index (χ4v) is 2.37. The molecule has 1 amide bonds. The van der Waals surface area contributed by atoms with Crippen molar-refractivity contribution in [1.29, 1.82) is 5.26 Å². The lowest BCUT2D eigenvalue weighted by atomic mass is 10.1. The minimum absolute atomic E-state index is 0.139. The summed E-state index contributed by atoms with van der Waals surface area (Å²) in [6.45, 7) is 0. The first-order valence-corrected chi connectivity index (χ1v) is 7.91. The minimum atomic E-state index is -3.32. The standard InChI is InChI=1S/C15H12N2O3S/c1-21(19,20)14-4-2-3-13(9-14)17-15(18)12-7-5-11(10-16)6-8-12/h2-9H,1H3,(H,17,18). The maximum Gasteiger partial charge on any atom is 0.255 e. The summed E-state index contributed by atoms with van der Waals surface area (Å²) in [7, 11) is -3.32. The van der Waals surface area contributed by atoms with Crippen molar-refractivity contribution in [1.82, 2.24) is 0 Å². The molecule has 5 nitrogen and oxygen atoms in total. The van der Waals surface area contributed by atoms with Gasteiger partial charge >= 0.3 is 0 Å². The van der Waals surface area contributed by atoms with E-state index in [1.54, 1.807) is 24.3 Å². The van der Waals surface area contributed by atoms with Crippen molar-refractivity contribution in [2.24, 2.45) is 0 Å². The third kappa shape index (κ3) is 3.68. The first-order chi connectivity index (χ1) is 9.90. The minimum Gasteiger partial charge on any atom is -0.322 e. The molecule has 0 aromatic heterocycles. The van der Waals surface area contributed by atoms with Crippen molar-refractivity contribution in [3.05, 3.63) is 59.7 Å². The number of rotatable bonds is 3. The van der Waals surface area contributed by atoms with Crippen LogP contribution < -0.4 is 5.32 Å². The highest BCUT2D eigenvalue weighted by atomic mass is 32.2. The van der Waals surface area contributed by atoms with Crippen molar-refractivity contribution in [2.75, 3.05) is 11.6 Å². The molecule has 0 aliphatic rings. The molecule has 0 radical (unpaired) electrons. The monoisotopic (exact) mass is 300 g/mol. The number of sulfone groups is 1. The lowest BCUT2D eigenvalue weighted by Gasteiger charge is -2.07. The third-order valence-electron chi connectivity index (χ3n) is 2.80. The number of hydrogen-bond acceptors (Lipinski definition) is 4. The van der Waals surface area contributed by atoms with Gasteiger partial charge in [-0.2, -0.15) is 5.26 Å². The lowest BCUT2D eigenvalue weighted by molar-refractivity contribution is 0.102. The molecule has 6 heteroatoms. The Labute approximate surface area is 122 Å². The number of amides is 1. The van der Waals surface area contributed by atoms with E-state index in [1.807, 2.05) is 6.07 Å². The number of anilines is 1. The van der Waals surface area contributed by atoms with E-state index in [4.69, 9.17) is 5.26 Å². The van der Waals surface area contributed by atoms with Gasteiger partial charge in [0.05, 0.1) is 16.5 Å². The van der Waals surface area contributed by atoms with Gasteiger partial charge < -0.3 is 5.32 Å². The van der Waals surface area contributed by atoms with E-state index in [2.05, 4.69) is 5.32 Å². The summed E-state index contributed by atoms with van der Waals surface area (Å²) in [5.41, 5.74) is 1.25. The fourth-order valence-electron chi connectivity index (χ4n) is 1.70. The normalized spacial score (nSPS) is 10.7. The van der Waals surface area contributed by atoms with Crippen molar-refractivity contribution in [2.45, 2.75) is 4.90 Å². The lowest BCUT2D eigenvalue weighted by Crippen LogP contribution is -2.12. The van der Waals surface area contributed by atoms with Crippen LogP contribution in [-0.2, 0) is 9.84 Å². The zero-order valence-electron chi connectivity index (χ0n) is 11.2. The second-order valence-electron chi connectivity index (χ2n) is 4.44. The number of benzene rings is 2. The summed E-state index contributed by atoms with van der Waals surface area (Å²) in [5, 5.41) is 11.3. The highest BCUT2D eigenvalue weighted by molar-refractivity contribution is 7.90. The fraction of sp³-hybridized carbons (Fsp3) is 0.0667. The second-order valence-corrected chi connectivity index (χ2v) is 6.46. The highest BCUT2D eigenvalue weighted by Gasteiger charge is 2.10. The summed E-state index contributed by atoms with van der Waals surface area (Å²) in [5.74, 6) is -0.370. The van der Waals surface area contributed by atoms with Gasteiger partial charge in [-0.3, -0.25) is 4.79 Å². The molecule has 0 saturated heterocycles. The van der Waals surface area contributed by atoms with Crippen LogP contribution in [0, 0.1) is 11.3 Å². The molecule has 21 heavy (non-hydrogen) atoms. The molecule has 0 atom stereocenters. The van der Waals surface area contributed by atoms with Crippen LogP contribution in [0.5, 0.6) is 0 Å². The van der Waals surface area contributed by atoms with E-state index >= 15 is 0 Å². The van der Waals surface area contributed by atoms with Crippen LogP contribution in [0.2, 0.25) is 0 Å². The Morgan fingerprint density at radius 2 is 1.81 bits per heavy atom. The maximum absolute atomic E-state index is 12.0. The predicted octanol–water partition coefficient (Wildman–Crippen LogP) is 2.21. The second kappa shape index (κ2) is 5.77. The Kier molecular flexibility index (Phi) is 4.05. The zero-order valence-corrected chi connectivity index (χ0v) is 12.0. The number of carbonyl (C=O) groups is 1. The molecule has 0 bridgehead atoms. The molecule has 0 saturated carbocycles. The van der Waals surface area contributed by atoms with Crippen LogP contribution in [0.1, 0.15) is 15.9 Å². The summed E-state index contributed by atoms with van der Waals surface area (Å²) >= 11 is 0. The van der Waals surface area contributed by atoms with Gasteiger partial charge in [0.1, 0.15) is 0 Å². The Hall–Kier alpha value is -2.65. The number of nitriles is 1. The number of hydrogen-bond donors (Lipinski definition) is 1. The Bertz CT molecular complexity index is 819. The summed E-state index contributed by atoms with van der Waals surface area (Å²) in [6.07, 6.45) is 1.11. The molecule has 0 unspecified atom stereocenters. The van der Waals surface area contributed by atoms with E-state index in [9.17, 15) is 13.2 Å². The largest absolute Gasteiger partial charge is 0.322 e. The first-order valence-electron chi connectivity index (χ1n) is 6.02. The van der Waals surface area contributed by atoms with E-state index < -0.39 is 9.84 Å². The Morgan fingerprint density at radius 1 is 1.14 bits per heavy atom. The van der Waals surface area contributed by atoms with E-state index in [0.717, 1.165) is 6.26 Å². The van der Waals surface area contributed by atoms with Crippen LogP contribution in [0.25, 0.3) is 0 Å². The molecule has 0 heterocycles. The zero-order chi connectivity index (χ0) is 15.5. The Balaban J connectivity index is 2.21. The quantitative estimate of drug-likeness (QED) is 0.941. The molecule has 1 N–H and O–H groups in total. The predicted molar refractivity (Wildman–Crippen MR) is 78.7 cm³/mol.